The third-order valence-electron chi connectivity index (χ3n) is 3.29. The molecule has 0 radical (unpaired) electrons. The van der Waals surface area contributed by atoms with E-state index in [9.17, 15) is 18.0 Å². The van der Waals surface area contributed by atoms with Gasteiger partial charge in [0.1, 0.15) is 23.1 Å². The lowest BCUT2D eigenvalue weighted by atomic mass is 10.1. The first-order valence-electron chi connectivity index (χ1n) is 7.78. The molecular formula is C18H15ClF3NO5. The highest BCUT2D eigenvalue weighted by Crippen LogP contribution is 2.36. The van der Waals surface area contributed by atoms with Crippen LogP contribution < -0.4 is 9.47 Å². The lowest BCUT2D eigenvalue weighted by Crippen LogP contribution is -2.06. The van der Waals surface area contributed by atoms with Crippen LogP contribution in [0.4, 0.5) is 13.2 Å². The quantitative estimate of drug-likeness (QED) is 0.497. The number of carboxylic acid groups (broad SMARTS) is 1. The number of nitrogens with zero attached hydrogens (tertiary/aromatic N) is 1. The van der Waals surface area contributed by atoms with Crippen molar-refractivity contribution < 1.29 is 37.3 Å². The van der Waals surface area contributed by atoms with E-state index in [2.05, 4.69) is 4.98 Å². The van der Waals surface area contributed by atoms with Crippen molar-refractivity contribution in [3.8, 4) is 17.4 Å². The molecule has 1 N–H and O–H groups in total. The van der Waals surface area contributed by atoms with E-state index in [1.54, 1.807) is 6.07 Å². The Kier molecular flexibility index (Phi) is 7.24. The van der Waals surface area contributed by atoms with Crippen molar-refractivity contribution in [1.29, 1.82) is 0 Å². The molecule has 0 aliphatic heterocycles. The van der Waals surface area contributed by atoms with Crippen LogP contribution in [0.1, 0.15) is 11.1 Å². The van der Waals surface area contributed by atoms with E-state index in [0.717, 1.165) is 6.08 Å². The van der Waals surface area contributed by atoms with Gasteiger partial charge in [-0.05, 0) is 24.3 Å². The lowest BCUT2D eigenvalue weighted by molar-refractivity contribution is -0.138. The summed E-state index contributed by atoms with van der Waals surface area (Å²) in [5, 5.41) is 8.44. The Morgan fingerprint density at radius 1 is 1.29 bits per heavy atom. The van der Waals surface area contributed by atoms with Gasteiger partial charge in [0, 0.05) is 31.0 Å². The molecule has 10 heteroatoms. The predicted octanol–water partition coefficient (Wildman–Crippen LogP) is 4.67. The number of hydrogen-bond donors (Lipinski definition) is 1. The second-order valence-corrected chi connectivity index (χ2v) is 5.73. The van der Waals surface area contributed by atoms with Gasteiger partial charge in [0.15, 0.2) is 0 Å². The van der Waals surface area contributed by atoms with Crippen molar-refractivity contribution in [2.24, 2.45) is 0 Å². The number of carbonyl (C=O) groups is 1. The van der Waals surface area contributed by atoms with Crippen molar-refractivity contribution in [2.45, 2.75) is 6.18 Å². The number of benzene rings is 1. The van der Waals surface area contributed by atoms with Crippen molar-refractivity contribution >= 4 is 23.6 Å². The maximum Gasteiger partial charge on any atom is 0.417 e. The lowest BCUT2D eigenvalue weighted by Gasteiger charge is -2.13. The zero-order valence-corrected chi connectivity index (χ0v) is 15.3. The third-order valence-corrected chi connectivity index (χ3v) is 3.56. The Balaban J connectivity index is 2.35. The number of pyridine rings is 1. The van der Waals surface area contributed by atoms with Gasteiger partial charge in [-0.2, -0.15) is 13.2 Å². The van der Waals surface area contributed by atoms with E-state index in [1.807, 2.05) is 0 Å². The normalized spacial score (nSPS) is 11.6. The topological polar surface area (TPSA) is 77.9 Å². The van der Waals surface area contributed by atoms with E-state index < -0.39 is 17.7 Å². The number of carboxylic acids is 1. The number of rotatable bonds is 8. The van der Waals surface area contributed by atoms with Crippen LogP contribution in [-0.4, -0.2) is 36.4 Å². The van der Waals surface area contributed by atoms with Crippen LogP contribution in [-0.2, 0) is 15.7 Å². The summed E-state index contributed by atoms with van der Waals surface area (Å²) >= 11 is 5.86. The first-order valence-corrected chi connectivity index (χ1v) is 8.16. The number of methoxy groups -OCH3 is 1. The zero-order chi connectivity index (χ0) is 20.7. The van der Waals surface area contributed by atoms with Gasteiger partial charge < -0.3 is 19.3 Å². The number of halogens is 4. The van der Waals surface area contributed by atoms with Gasteiger partial charge in [-0.25, -0.2) is 9.78 Å². The molecule has 0 spiro atoms. The average molecular weight is 418 g/mol. The van der Waals surface area contributed by atoms with Crippen molar-refractivity contribution in [3.63, 3.8) is 0 Å². The maximum absolute atomic E-state index is 12.7. The van der Waals surface area contributed by atoms with Gasteiger partial charge in [-0.15, -0.1) is 0 Å². The Hall–Kier alpha value is -2.78. The van der Waals surface area contributed by atoms with Crippen LogP contribution in [0.15, 0.2) is 36.5 Å². The molecule has 0 amide bonds. The number of alkyl halides is 3. The molecule has 0 aliphatic rings. The molecule has 0 bridgehead atoms. The molecule has 1 aromatic heterocycles. The Morgan fingerprint density at radius 3 is 2.64 bits per heavy atom. The fourth-order valence-electron chi connectivity index (χ4n) is 1.99. The van der Waals surface area contributed by atoms with Crippen molar-refractivity contribution in [1.82, 2.24) is 4.98 Å². The van der Waals surface area contributed by atoms with Gasteiger partial charge in [-0.3, -0.25) is 0 Å². The van der Waals surface area contributed by atoms with Crippen LogP contribution in [0.2, 0.25) is 5.02 Å². The van der Waals surface area contributed by atoms with Crippen molar-refractivity contribution in [3.05, 3.63) is 52.7 Å². The average Bonchev–Trinajstić information content (AvgIpc) is 2.62. The molecule has 0 aliphatic carbocycles. The number of aromatic nitrogens is 1. The highest BCUT2D eigenvalue weighted by atomic mass is 35.5. The Labute approximate surface area is 163 Å². The number of ether oxygens (including phenoxy) is 3. The van der Waals surface area contributed by atoms with E-state index >= 15 is 0 Å². The van der Waals surface area contributed by atoms with Gasteiger partial charge in [0.2, 0.25) is 5.88 Å². The SMILES string of the molecule is COCCOc1ccc(/C=C\C(=O)O)c(Oc2ncc(C(F)(F)F)cc2Cl)c1. The highest BCUT2D eigenvalue weighted by Gasteiger charge is 2.31. The summed E-state index contributed by atoms with van der Waals surface area (Å²) in [5.74, 6) is -0.977. The van der Waals surface area contributed by atoms with E-state index in [-0.39, 0.29) is 23.3 Å². The summed E-state index contributed by atoms with van der Waals surface area (Å²) in [7, 11) is 1.51. The van der Waals surface area contributed by atoms with Crippen molar-refractivity contribution in [2.75, 3.05) is 20.3 Å². The van der Waals surface area contributed by atoms with E-state index in [1.165, 1.54) is 25.3 Å². The standard InChI is InChI=1S/C18H15ClF3NO5/c1-26-6-7-27-13-4-2-11(3-5-16(24)25)15(9-13)28-17-14(19)8-12(10-23-17)18(20,21)22/h2-5,8-10H,6-7H2,1H3,(H,24,25)/b5-3-. The fourth-order valence-corrected chi connectivity index (χ4v) is 2.20. The zero-order valence-electron chi connectivity index (χ0n) is 14.5. The molecule has 0 fully saturated rings. The van der Waals surface area contributed by atoms with Crippen LogP contribution in [0, 0.1) is 0 Å². The largest absolute Gasteiger partial charge is 0.491 e. The molecule has 6 nitrogen and oxygen atoms in total. The molecule has 2 rings (SSSR count). The van der Waals surface area contributed by atoms with E-state index in [4.69, 9.17) is 30.9 Å². The number of hydrogen-bond acceptors (Lipinski definition) is 5. The van der Waals surface area contributed by atoms with Crippen LogP contribution in [0.25, 0.3) is 6.08 Å². The molecule has 1 heterocycles. The molecule has 28 heavy (non-hydrogen) atoms. The highest BCUT2D eigenvalue weighted by molar-refractivity contribution is 6.31. The first-order chi connectivity index (χ1) is 13.2. The van der Waals surface area contributed by atoms with Crippen LogP contribution in [0.3, 0.4) is 0 Å². The Bertz CT molecular complexity index is 871. The molecule has 150 valence electrons. The van der Waals surface area contributed by atoms with Crippen LogP contribution >= 0.6 is 11.6 Å². The minimum Gasteiger partial charge on any atom is -0.491 e. The van der Waals surface area contributed by atoms with Gasteiger partial charge in [-0.1, -0.05) is 11.6 Å². The first kappa shape index (κ1) is 21.5. The van der Waals surface area contributed by atoms with Gasteiger partial charge in [0.25, 0.3) is 0 Å². The molecule has 0 saturated heterocycles. The summed E-state index contributed by atoms with van der Waals surface area (Å²) in [5.41, 5.74) is -0.688. The Morgan fingerprint density at radius 2 is 2.04 bits per heavy atom. The molecule has 2 aromatic rings. The number of aliphatic carboxylic acids is 1. The molecule has 1 aromatic carbocycles. The second-order valence-electron chi connectivity index (χ2n) is 5.32. The third kappa shape index (κ3) is 6.14. The fraction of sp³-hybridized carbons (Fsp3) is 0.222. The summed E-state index contributed by atoms with van der Waals surface area (Å²) in [6.45, 7) is 0.586. The molecular weight excluding hydrogens is 403 g/mol. The minimum absolute atomic E-state index is 0.0987. The summed E-state index contributed by atoms with van der Waals surface area (Å²) in [6.07, 6.45) is -1.86. The second kappa shape index (κ2) is 9.43. The minimum atomic E-state index is -4.60. The van der Waals surface area contributed by atoms with Crippen LogP contribution in [0.5, 0.6) is 17.4 Å². The van der Waals surface area contributed by atoms with Gasteiger partial charge in [0.05, 0.1) is 12.2 Å². The predicted molar refractivity (Wildman–Crippen MR) is 94.8 cm³/mol. The van der Waals surface area contributed by atoms with Gasteiger partial charge >= 0.3 is 12.1 Å². The maximum atomic E-state index is 12.7. The molecule has 0 atom stereocenters. The van der Waals surface area contributed by atoms with E-state index in [0.29, 0.717) is 30.2 Å². The summed E-state index contributed by atoms with van der Waals surface area (Å²) < 4.78 is 54.1. The summed E-state index contributed by atoms with van der Waals surface area (Å²) in [6, 6.07) is 5.23. The summed E-state index contributed by atoms with van der Waals surface area (Å²) in [4.78, 5) is 14.4. The monoisotopic (exact) mass is 417 g/mol. The smallest absolute Gasteiger partial charge is 0.417 e. The molecule has 0 unspecified atom stereocenters. The molecule has 0 saturated carbocycles.